The van der Waals surface area contributed by atoms with Crippen molar-refractivity contribution >= 4 is 11.8 Å². The molecule has 1 saturated heterocycles. The molecule has 0 N–H and O–H groups in total. The number of Topliss-reactive ketones (excluding diaryl/α,β-unsaturated/α-hetero) is 1. The molecule has 5 nitrogen and oxygen atoms in total. The molecule has 182 valence electrons. The molecule has 0 amide bonds. The SMILES string of the molecule is CC(=O)C1=CC[C@@H]2[C@H]3CC=C4C[C@@H](OC(=O)CCN5CCOCC5)CC[C@]4(C)[C@H]3CC[C@]12C. The van der Waals surface area contributed by atoms with Crippen molar-refractivity contribution in [1.29, 1.82) is 0 Å². The number of ketones is 1. The fourth-order valence-electron chi connectivity index (χ4n) is 8.16. The number of morpholine rings is 1. The summed E-state index contributed by atoms with van der Waals surface area (Å²) in [4.78, 5) is 27.1. The van der Waals surface area contributed by atoms with Crippen molar-refractivity contribution in [1.82, 2.24) is 4.90 Å². The summed E-state index contributed by atoms with van der Waals surface area (Å²) < 4.78 is 11.3. The fraction of sp³-hybridized carbons (Fsp3) is 0.786. The van der Waals surface area contributed by atoms with Gasteiger partial charge in [-0.2, -0.15) is 0 Å². The van der Waals surface area contributed by atoms with Gasteiger partial charge in [-0.3, -0.25) is 14.5 Å². The zero-order valence-corrected chi connectivity index (χ0v) is 20.7. The third-order valence-electron chi connectivity index (χ3n) is 10.1. The van der Waals surface area contributed by atoms with Gasteiger partial charge in [0.15, 0.2) is 5.78 Å². The zero-order chi connectivity index (χ0) is 23.2. The monoisotopic (exact) mass is 455 g/mol. The second kappa shape index (κ2) is 8.96. The Morgan fingerprint density at radius 1 is 1.06 bits per heavy atom. The molecule has 0 radical (unpaired) electrons. The molecule has 1 heterocycles. The van der Waals surface area contributed by atoms with Gasteiger partial charge in [-0.1, -0.05) is 31.6 Å². The Hall–Kier alpha value is -1.46. The molecule has 0 bridgehead atoms. The van der Waals surface area contributed by atoms with Crippen molar-refractivity contribution in [3.63, 3.8) is 0 Å². The Kier molecular flexibility index (Phi) is 6.32. The minimum absolute atomic E-state index is 0.0318. The van der Waals surface area contributed by atoms with Gasteiger partial charge in [0.2, 0.25) is 0 Å². The topological polar surface area (TPSA) is 55.8 Å². The van der Waals surface area contributed by atoms with Gasteiger partial charge < -0.3 is 9.47 Å². The van der Waals surface area contributed by atoms with E-state index in [0.29, 0.717) is 24.2 Å². The quantitative estimate of drug-likeness (QED) is 0.444. The minimum atomic E-state index is -0.0494. The van der Waals surface area contributed by atoms with Gasteiger partial charge in [0.1, 0.15) is 6.10 Å². The normalized spacial score (nSPS) is 40.7. The molecule has 6 atom stereocenters. The highest BCUT2D eigenvalue weighted by atomic mass is 16.5. The maximum absolute atomic E-state index is 12.5. The van der Waals surface area contributed by atoms with Crippen LogP contribution in [0.1, 0.15) is 72.1 Å². The van der Waals surface area contributed by atoms with E-state index in [-0.39, 0.29) is 28.7 Å². The second-order valence-electron chi connectivity index (χ2n) is 11.7. The highest BCUT2D eigenvalue weighted by Crippen LogP contribution is 2.65. The molecule has 0 aromatic rings. The van der Waals surface area contributed by atoms with Gasteiger partial charge in [0, 0.05) is 26.1 Å². The number of rotatable bonds is 5. The molecular weight excluding hydrogens is 414 g/mol. The summed E-state index contributed by atoms with van der Waals surface area (Å²) in [5, 5.41) is 0. The van der Waals surface area contributed by atoms with Crippen LogP contribution in [0, 0.1) is 28.6 Å². The van der Waals surface area contributed by atoms with Gasteiger partial charge >= 0.3 is 5.97 Å². The molecule has 0 aromatic heterocycles. The lowest BCUT2D eigenvalue weighted by Crippen LogP contribution is -2.50. The maximum atomic E-state index is 12.5. The molecular formula is C28H41NO4. The number of fused-ring (bicyclic) bond motifs is 5. The number of carbonyl (C=O) groups excluding carboxylic acids is 2. The van der Waals surface area contributed by atoms with Gasteiger partial charge in [-0.05, 0) is 79.6 Å². The van der Waals surface area contributed by atoms with Crippen LogP contribution in [-0.2, 0) is 19.1 Å². The Morgan fingerprint density at radius 2 is 1.82 bits per heavy atom. The van der Waals surface area contributed by atoms with Gasteiger partial charge in [0.25, 0.3) is 0 Å². The van der Waals surface area contributed by atoms with Crippen molar-refractivity contribution in [2.45, 2.75) is 78.2 Å². The number of hydrogen-bond donors (Lipinski definition) is 0. The average molecular weight is 456 g/mol. The van der Waals surface area contributed by atoms with Crippen molar-refractivity contribution in [3.05, 3.63) is 23.3 Å². The van der Waals surface area contributed by atoms with Crippen molar-refractivity contribution in [2.75, 3.05) is 32.8 Å². The summed E-state index contributed by atoms with van der Waals surface area (Å²) >= 11 is 0. The van der Waals surface area contributed by atoms with E-state index < -0.39 is 0 Å². The summed E-state index contributed by atoms with van der Waals surface area (Å²) in [5.41, 5.74) is 2.92. The largest absolute Gasteiger partial charge is 0.462 e. The first kappa shape index (κ1) is 23.3. The number of allylic oxidation sites excluding steroid dienone is 3. The molecule has 4 aliphatic carbocycles. The Bertz CT molecular complexity index is 856. The second-order valence-corrected chi connectivity index (χ2v) is 11.7. The van der Waals surface area contributed by atoms with Crippen LogP contribution in [0.15, 0.2) is 23.3 Å². The standard InChI is InChI=1S/C28H41NO4/c1-19(30)23-6-7-24-22-5-4-20-18-21(33-26(31)10-13-29-14-16-32-17-15-29)8-11-27(20,2)25(22)9-12-28(23,24)3/h4,6,21-22,24-25H,5,7-18H2,1-3H3/t21-,22+,24+,25-,27-,28+/m0/s1. The van der Waals surface area contributed by atoms with E-state index in [2.05, 4.69) is 30.9 Å². The highest BCUT2D eigenvalue weighted by Gasteiger charge is 2.57. The summed E-state index contributed by atoms with van der Waals surface area (Å²) in [7, 11) is 0. The van der Waals surface area contributed by atoms with Crippen LogP contribution in [0.2, 0.25) is 0 Å². The molecule has 0 unspecified atom stereocenters. The maximum Gasteiger partial charge on any atom is 0.307 e. The summed E-state index contributed by atoms with van der Waals surface area (Å²) in [6, 6.07) is 0. The van der Waals surface area contributed by atoms with Gasteiger partial charge in [-0.15, -0.1) is 0 Å². The Morgan fingerprint density at radius 3 is 2.58 bits per heavy atom. The molecule has 3 fully saturated rings. The van der Waals surface area contributed by atoms with E-state index in [4.69, 9.17) is 9.47 Å². The molecule has 5 heteroatoms. The van der Waals surface area contributed by atoms with E-state index in [9.17, 15) is 9.59 Å². The lowest BCUT2D eigenvalue weighted by molar-refractivity contribution is -0.152. The average Bonchev–Trinajstić information content (AvgIpc) is 3.16. The number of hydrogen-bond acceptors (Lipinski definition) is 5. The third-order valence-corrected chi connectivity index (χ3v) is 10.1. The van der Waals surface area contributed by atoms with Gasteiger partial charge in [-0.25, -0.2) is 0 Å². The highest BCUT2D eigenvalue weighted by molar-refractivity contribution is 5.95. The van der Waals surface area contributed by atoms with Gasteiger partial charge in [0.05, 0.1) is 19.6 Å². The number of nitrogens with zero attached hydrogens (tertiary/aromatic N) is 1. The minimum Gasteiger partial charge on any atom is -0.462 e. The smallest absolute Gasteiger partial charge is 0.307 e. The molecule has 0 spiro atoms. The summed E-state index contributed by atoms with van der Waals surface area (Å²) in [5.74, 6) is 2.17. The van der Waals surface area contributed by atoms with E-state index in [0.717, 1.165) is 76.9 Å². The van der Waals surface area contributed by atoms with Crippen LogP contribution in [0.25, 0.3) is 0 Å². The lowest BCUT2D eigenvalue weighted by Gasteiger charge is -2.57. The molecule has 33 heavy (non-hydrogen) atoms. The Labute approximate surface area is 198 Å². The van der Waals surface area contributed by atoms with Crippen LogP contribution in [0.3, 0.4) is 0 Å². The number of ether oxygens (including phenoxy) is 2. The van der Waals surface area contributed by atoms with Crippen molar-refractivity contribution in [3.8, 4) is 0 Å². The zero-order valence-electron chi connectivity index (χ0n) is 20.7. The van der Waals surface area contributed by atoms with E-state index in [1.165, 1.54) is 12.0 Å². The Balaban J connectivity index is 1.21. The van der Waals surface area contributed by atoms with Crippen LogP contribution in [0.4, 0.5) is 0 Å². The van der Waals surface area contributed by atoms with Crippen molar-refractivity contribution < 1.29 is 19.1 Å². The summed E-state index contributed by atoms with van der Waals surface area (Å²) in [6.07, 6.45) is 12.8. The predicted octanol–water partition coefficient (Wildman–Crippen LogP) is 4.71. The molecule has 2 saturated carbocycles. The first-order chi connectivity index (χ1) is 15.8. The van der Waals surface area contributed by atoms with Crippen LogP contribution >= 0.6 is 0 Å². The van der Waals surface area contributed by atoms with E-state index >= 15 is 0 Å². The van der Waals surface area contributed by atoms with E-state index in [1.807, 2.05) is 0 Å². The lowest BCUT2D eigenvalue weighted by atomic mass is 9.47. The fourth-order valence-corrected chi connectivity index (χ4v) is 8.16. The number of carbonyl (C=O) groups is 2. The summed E-state index contributed by atoms with van der Waals surface area (Å²) in [6.45, 7) is 10.7. The van der Waals surface area contributed by atoms with Crippen molar-refractivity contribution in [2.24, 2.45) is 28.6 Å². The first-order valence-corrected chi connectivity index (χ1v) is 13.2. The molecule has 0 aromatic carbocycles. The molecule has 1 aliphatic heterocycles. The molecule has 5 rings (SSSR count). The predicted molar refractivity (Wildman–Crippen MR) is 128 cm³/mol. The van der Waals surface area contributed by atoms with Crippen LogP contribution < -0.4 is 0 Å². The van der Waals surface area contributed by atoms with Crippen LogP contribution in [-0.4, -0.2) is 55.6 Å². The van der Waals surface area contributed by atoms with Crippen LogP contribution in [0.5, 0.6) is 0 Å². The third kappa shape index (κ3) is 4.14. The van der Waals surface area contributed by atoms with E-state index in [1.54, 1.807) is 6.92 Å². The molecule has 5 aliphatic rings. The number of esters is 1. The first-order valence-electron chi connectivity index (χ1n) is 13.2.